The van der Waals surface area contributed by atoms with Crippen molar-refractivity contribution in [2.45, 2.75) is 32.9 Å². The molecule has 0 fully saturated rings. The van der Waals surface area contributed by atoms with E-state index in [1.165, 1.54) is 24.1 Å². The number of hydrogen-bond donors (Lipinski definition) is 1. The van der Waals surface area contributed by atoms with Crippen molar-refractivity contribution in [3.05, 3.63) is 58.1 Å². The molecule has 0 spiro atoms. The van der Waals surface area contributed by atoms with Gasteiger partial charge in [-0.15, -0.1) is 0 Å². The summed E-state index contributed by atoms with van der Waals surface area (Å²) in [5.74, 6) is -0.669. The smallest absolute Gasteiger partial charge is 0.244 e. The van der Waals surface area contributed by atoms with Gasteiger partial charge in [-0.25, -0.2) is 8.42 Å². The molecule has 0 aliphatic carbocycles. The molecule has 0 heterocycles. The van der Waals surface area contributed by atoms with Gasteiger partial charge in [-0.1, -0.05) is 42.3 Å². The summed E-state index contributed by atoms with van der Waals surface area (Å²) in [6, 6.07) is 10.5. The quantitative estimate of drug-likeness (QED) is 0.478. The number of sulfonamides is 1. The minimum Gasteiger partial charge on any atom is -0.495 e. The Labute approximate surface area is 210 Å². The highest BCUT2D eigenvalue weighted by Crippen LogP contribution is 2.33. The minimum atomic E-state index is -3.91. The van der Waals surface area contributed by atoms with E-state index in [4.69, 9.17) is 27.9 Å². The van der Waals surface area contributed by atoms with E-state index >= 15 is 0 Å². The molecule has 0 aliphatic heterocycles. The van der Waals surface area contributed by atoms with Crippen LogP contribution in [0, 0.1) is 0 Å². The molecule has 1 N–H and O–H groups in total. The summed E-state index contributed by atoms with van der Waals surface area (Å²) < 4.78 is 31.6. The summed E-state index contributed by atoms with van der Waals surface area (Å²) in [7, 11) is -2.51. The lowest BCUT2D eigenvalue weighted by atomic mass is 10.1. The van der Waals surface area contributed by atoms with Gasteiger partial charge in [-0.2, -0.15) is 0 Å². The van der Waals surface area contributed by atoms with Gasteiger partial charge < -0.3 is 15.0 Å². The standard InChI is InChI=1S/C23H29Cl2N3O5S/c1-5-12-26-23(30)16(2)27(14-17-6-8-18(24)9-7-17)22(29)15-28(34(4,31)32)20-13-19(25)10-11-21(20)33-3/h6-11,13,16H,5,12,14-15H2,1-4H3,(H,26,30). The first kappa shape index (κ1) is 27.8. The SMILES string of the molecule is CCCNC(=O)C(C)N(Cc1ccc(Cl)cc1)C(=O)CN(c1cc(Cl)ccc1OC)S(C)(=O)=O. The Morgan fingerprint density at radius 2 is 1.71 bits per heavy atom. The van der Waals surface area contributed by atoms with Gasteiger partial charge >= 0.3 is 0 Å². The molecule has 1 atom stereocenters. The molecule has 8 nitrogen and oxygen atoms in total. The topological polar surface area (TPSA) is 96.0 Å². The molecule has 2 rings (SSSR count). The number of rotatable bonds is 11. The van der Waals surface area contributed by atoms with Gasteiger partial charge in [-0.3, -0.25) is 13.9 Å². The minimum absolute atomic E-state index is 0.0843. The molecule has 1 unspecified atom stereocenters. The van der Waals surface area contributed by atoms with Gasteiger partial charge in [0.2, 0.25) is 21.8 Å². The van der Waals surface area contributed by atoms with E-state index in [-0.39, 0.29) is 28.9 Å². The number of nitrogens with one attached hydrogen (secondary N) is 1. The summed E-state index contributed by atoms with van der Waals surface area (Å²) >= 11 is 12.1. The zero-order valence-electron chi connectivity index (χ0n) is 19.5. The molecule has 0 aromatic heterocycles. The summed E-state index contributed by atoms with van der Waals surface area (Å²) in [6.45, 7) is 3.52. The van der Waals surface area contributed by atoms with Gasteiger partial charge in [0.25, 0.3) is 0 Å². The normalized spacial score (nSPS) is 12.1. The maximum Gasteiger partial charge on any atom is 0.244 e. The van der Waals surface area contributed by atoms with Crippen LogP contribution in [0.4, 0.5) is 5.69 Å². The van der Waals surface area contributed by atoms with Crippen LogP contribution in [0.25, 0.3) is 0 Å². The molecule has 0 bridgehead atoms. The van der Waals surface area contributed by atoms with E-state index in [0.717, 1.165) is 22.5 Å². The largest absolute Gasteiger partial charge is 0.495 e. The Kier molecular flexibility index (Phi) is 10.0. The lowest BCUT2D eigenvalue weighted by molar-refractivity contribution is -0.139. The Hall–Kier alpha value is -2.49. The van der Waals surface area contributed by atoms with Crippen molar-refractivity contribution >= 4 is 50.7 Å². The molecule has 11 heteroatoms. The van der Waals surface area contributed by atoms with Gasteiger partial charge in [0.1, 0.15) is 18.3 Å². The molecule has 2 amide bonds. The third-order valence-electron chi connectivity index (χ3n) is 5.07. The number of halogens is 2. The molecule has 0 saturated heterocycles. The maximum atomic E-state index is 13.5. The van der Waals surface area contributed by atoms with Crippen LogP contribution in [-0.2, 0) is 26.2 Å². The fourth-order valence-electron chi connectivity index (χ4n) is 3.22. The van der Waals surface area contributed by atoms with Crippen LogP contribution in [0.1, 0.15) is 25.8 Å². The molecule has 0 radical (unpaired) electrons. The van der Waals surface area contributed by atoms with Crippen LogP contribution in [0.5, 0.6) is 5.75 Å². The van der Waals surface area contributed by atoms with Crippen molar-refractivity contribution in [3.8, 4) is 5.75 Å². The highest BCUT2D eigenvalue weighted by molar-refractivity contribution is 7.92. The van der Waals surface area contributed by atoms with E-state index in [1.807, 2.05) is 6.92 Å². The van der Waals surface area contributed by atoms with Crippen molar-refractivity contribution < 1.29 is 22.7 Å². The van der Waals surface area contributed by atoms with Crippen LogP contribution in [0.2, 0.25) is 10.0 Å². The van der Waals surface area contributed by atoms with Crippen LogP contribution >= 0.6 is 23.2 Å². The number of anilines is 1. The van der Waals surface area contributed by atoms with E-state index in [9.17, 15) is 18.0 Å². The van der Waals surface area contributed by atoms with Crippen molar-refractivity contribution in [1.29, 1.82) is 0 Å². The first-order valence-electron chi connectivity index (χ1n) is 10.6. The Morgan fingerprint density at radius 3 is 2.26 bits per heavy atom. The number of hydrogen-bond acceptors (Lipinski definition) is 5. The zero-order chi connectivity index (χ0) is 25.5. The first-order valence-corrected chi connectivity index (χ1v) is 13.2. The average Bonchev–Trinajstić information content (AvgIpc) is 2.79. The third kappa shape index (κ3) is 7.51. The average molecular weight is 530 g/mol. The summed E-state index contributed by atoms with van der Waals surface area (Å²) in [5, 5.41) is 3.59. The summed E-state index contributed by atoms with van der Waals surface area (Å²) in [6.07, 6.45) is 1.72. The van der Waals surface area contributed by atoms with E-state index in [2.05, 4.69) is 5.32 Å². The number of benzene rings is 2. The first-order chi connectivity index (χ1) is 16.0. The fraction of sp³-hybridized carbons (Fsp3) is 0.391. The van der Waals surface area contributed by atoms with E-state index in [1.54, 1.807) is 37.3 Å². The highest BCUT2D eigenvalue weighted by Gasteiger charge is 2.31. The van der Waals surface area contributed by atoms with Crippen molar-refractivity contribution in [2.24, 2.45) is 0 Å². The maximum absolute atomic E-state index is 13.5. The molecular formula is C23H29Cl2N3O5S. The molecule has 34 heavy (non-hydrogen) atoms. The third-order valence-corrected chi connectivity index (χ3v) is 6.69. The molecular weight excluding hydrogens is 501 g/mol. The molecule has 2 aromatic rings. The number of carbonyl (C=O) groups excluding carboxylic acids is 2. The lowest BCUT2D eigenvalue weighted by Crippen LogP contribution is -2.51. The van der Waals surface area contributed by atoms with Gasteiger partial charge in [0, 0.05) is 23.1 Å². The predicted octanol–water partition coefficient (Wildman–Crippen LogP) is 3.71. The van der Waals surface area contributed by atoms with Crippen molar-refractivity contribution in [3.63, 3.8) is 0 Å². The molecule has 186 valence electrons. The van der Waals surface area contributed by atoms with Gasteiger partial charge in [0.15, 0.2) is 0 Å². The number of nitrogens with zero attached hydrogens (tertiary/aromatic N) is 2. The second-order valence-electron chi connectivity index (χ2n) is 7.70. The Bertz CT molecular complexity index is 1110. The molecule has 2 aromatic carbocycles. The number of amides is 2. The van der Waals surface area contributed by atoms with Crippen LogP contribution in [0.3, 0.4) is 0 Å². The lowest BCUT2D eigenvalue weighted by Gasteiger charge is -2.32. The van der Waals surface area contributed by atoms with E-state index < -0.39 is 28.5 Å². The predicted molar refractivity (Wildman–Crippen MR) is 135 cm³/mol. The second-order valence-corrected chi connectivity index (χ2v) is 10.5. The van der Waals surface area contributed by atoms with Crippen LogP contribution < -0.4 is 14.4 Å². The second kappa shape index (κ2) is 12.3. The monoisotopic (exact) mass is 529 g/mol. The van der Waals surface area contributed by atoms with Gasteiger partial charge in [-0.05, 0) is 49.2 Å². The summed E-state index contributed by atoms with van der Waals surface area (Å²) in [5.41, 5.74) is 0.861. The highest BCUT2D eigenvalue weighted by atomic mass is 35.5. The fourth-order valence-corrected chi connectivity index (χ4v) is 4.36. The molecule has 0 saturated carbocycles. The zero-order valence-corrected chi connectivity index (χ0v) is 21.9. The summed E-state index contributed by atoms with van der Waals surface area (Å²) in [4.78, 5) is 27.5. The number of carbonyl (C=O) groups is 2. The number of methoxy groups -OCH3 is 1. The molecule has 0 aliphatic rings. The van der Waals surface area contributed by atoms with Crippen molar-refractivity contribution in [2.75, 3.05) is 30.8 Å². The Balaban J connectivity index is 2.43. The van der Waals surface area contributed by atoms with Crippen LogP contribution in [0.15, 0.2) is 42.5 Å². The number of ether oxygens (including phenoxy) is 1. The van der Waals surface area contributed by atoms with Gasteiger partial charge in [0.05, 0.1) is 19.1 Å². The Morgan fingerprint density at radius 1 is 1.09 bits per heavy atom. The van der Waals surface area contributed by atoms with Crippen LogP contribution in [-0.4, -0.2) is 57.6 Å². The van der Waals surface area contributed by atoms with E-state index in [0.29, 0.717) is 11.6 Å². The van der Waals surface area contributed by atoms with Crippen molar-refractivity contribution in [1.82, 2.24) is 10.2 Å².